The minimum atomic E-state index is 0.459. The van der Waals surface area contributed by atoms with E-state index in [1.54, 1.807) is 0 Å². The van der Waals surface area contributed by atoms with Crippen molar-refractivity contribution in [2.24, 2.45) is 5.41 Å². The van der Waals surface area contributed by atoms with Crippen LogP contribution in [-0.2, 0) is 0 Å². The van der Waals surface area contributed by atoms with Gasteiger partial charge in [0.2, 0.25) is 0 Å². The summed E-state index contributed by atoms with van der Waals surface area (Å²) in [5.74, 6) is 0. The summed E-state index contributed by atoms with van der Waals surface area (Å²) in [6.45, 7) is 8.15. The molecule has 1 aliphatic carbocycles. The van der Waals surface area contributed by atoms with Crippen LogP contribution in [0.3, 0.4) is 0 Å². The van der Waals surface area contributed by atoms with Gasteiger partial charge in [0.15, 0.2) is 0 Å². The van der Waals surface area contributed by atoms with Crippen LogP contribution in [0.5, 0.6) is 0 Å². The van der Waals surface area contributed by atoms with Gasteiger partial charge in [-0.25, -0.2) is 0 Å². The monoisotopic (exact) mass is 311 g/mol. The summed E-state index contributed by atoms with van der Waals surface area (Å²) >= 11 is 8.10. The molecule has 2 unspecified atom stereocenters. The van der Waals surface area contributed by atoms with Gasteiger partial charge in [-0.3, -0.25) is 0 Å². The smallest absolute Gasteiger partial charge is 0.0417 e. The van der Waals surface area contributed by atoms with Crippen LogP contribution in [0.4, 0.5) is 0 Å². The van der Waals surface area contributed by atoms with Crippen molar-refractivity contribution >= 4 is 23.4 Å². The van der Waals surface area contributed by atoms with Gasteiger partial charge in [-0.15, -0.1) is 11.8 Å². The molecular weight excluding hydrogens is 286 g/mol. The summed E-state index contributed by atoms with van der Waals surface area (Å²) in [6, 6.07) is 8.89. The van der Waals surface area contributed by atoms with Gasteiger partial charge in [0, 0.05) is 21.2 Å². The molecule has 2 rings (SSSR count). The molecule has 0 radical (unpaired) electrons. The van der Waals surface area contributed by atoms with Crippen molar-refractivity contribution < 1.29 is 0 Å². The van der Waals surface area contributed by atoms with Crippen LogP contribution in [-0.4, -0.2) is 17.8 Å². The van der Waals surface area contributed by atoms with Gasteiger partial charge in [-0.1, -0.05) is 38.4 Å². The van der Waals surface area contributed by atoms with Crippen molar-refractivity contribution in [2.75, 3.05) is 6.54 Å². The second-order valence-corrected chi connectivity index (χ2v) is 8.33. The zero-order chi connectivity index (χ0) is 14.6. The maximum Gasteiger partial charge on any atom is 0.0417 e. The molecule has 0 spiro atoms. The van der Waals surface area contributed by atoms with Crippen molar-refractivity contribution in [3.05, 3.63) is 29.3 Å². The van der Waals surface area contributed by atoms with Crippen LogP contribution in [0.1, 0.15) is 46.5 Å². The van der Waals surface area contributed by atoms with E-state index in [9.17, 15) is 0 Å². The fourth-order valence-electron chi connectivity index (χ4n) is 2.92. The molecule has 0 aromatic heterocycles. The largest absolute Gasteiger partial charge is 0.313 e. The second-order valence-electron chi connectivity index (χ2n) is 6.58. The van der Waals surface area contributed by atoms with Gasteiger partial charge in [-0.05, 0) is 55.8 Å². The number of benzene rings is 1. The maximum atomic E-state index is 6.11. The SMILES string of the molecule is CCCNC1CCC(C)(C)CC1Sc1cccc(Cl)c1. The van der Waals surface area contributed by atoms with E-state index in [-0.39, 0.29) is 0 Å². The van der Waals surface area contributed by atoms with Crippen molar-refractivity contribution in [3.63, 3.8) is 0 Å². The summed E-state index contributed by atoms with van der Waals surface area (Å²) in [5, 5.41) is 5.22. The predicted octanol–water partition coefficient (Wildman–Crippen LogP) is 5.38. The number of hydrogen-bond donors (Lipinski definition) is 1. The summed E-state index contributed by atoms with van der Waals surface area (Å²) < 4.78 is 0. The Labute approximate surface area is 132 Å². The molecule has 1 saturated carbocycles. The van der Waals surface area contributed by atoms with Gasteiger partial charge in [0.25, 0.3) is 0 Å². The first-order chi connectivity index (χ1) is 9.50. The Balaban J connectivity index is 2.06. The van der Waals surface area contributed by atoms with Crippen LogP contribution in [0.15, 0.2) is 29.2 Å². The Hall–Kier alpha value is -0.180. The molecule has 1 aliphatic rings. The van der Waals surface area contributed by atoms with Gasteiger partial charge in [-0.2, -0.15) is 0 Å². The molecule has 2 atom stereocenters. The molecular formula is C17H26ClNS. The highest BCUT2D eigenvalue weighted by atomic mass is 35.5. The lowest BCUT2D eigenvalue weighted by molar-refractivity contribution is 0.214. The summed E-state index contributed by atoms with van der Waals surface area (Å²) in [6.07, 6.45) is 5.08. The lowest BCUT2D eigenvalue weighted by Gasteiger charge is -2.41. The highest BCUT2D eigenvalue weighted by molar-refractivity contribution is 8.00. The van der Waals surface area contributed by atoms with E-state index in [2.05, 4.69) is 38.2 Å². The maximum absolute atomic E-state index is 6.11. The van der Waals surface area contributed by atoms with Crippen LogP contribution in [0, 0.1) is 5.41 Å². The Morgan fingerprint density at radius 2 is 2.20 bits per heavy atom. The number of halogens is 1. The average Bonchev–Trinajstić information content (AvgIpc) is 2.37. The molecule has 1 aromatic carbocycles. The fourth-order valence-corrected chi connectivity index (χ4v) is 4.81. The first kappa shape index (κ1) is 16.2. The summed E-state index contributed by atoms with van der Waals surface area (Å²) in [7, 11) is 0. The van der Waals surface area contributed by atoms with Crippen LogP contribution in [0.25, 0.3) is 0 Å². The molecule has 0 aliphatic heterocycles. The fraction of sp³-hybridized carbons (Fsp3) is 0.647. The molecule has 1 nitrogen and oxygen atoms in total. The van der Waals surface area contributed by atoms with Gasteiger partial charge in [0.05, 0.1) is 0 Å². The number of rotatable bonds is 5. The third-order valence-corrected chi connectivity index (χ3v) is 5.63. The number of hydrogen-bond acceptors (Lipinski definition) is 2. The van der Waals surface area contributed by atoms with Gasteiger partial charge < -0.3 is 5.32 Å². The normalized spacial score (nSPS) is 25.6. The van der Waals surface area contributed by atoms with Gasteiger partial charge >= 0.3 is 0 Å². The predicted molar refractivity (Wildman–Crippen MR) is 90.8 cm³/mol. The summed E-state index contributed by atoms with van der Waals surface area (Å²) in [4.78, 5) is 1.29. The zero-order valence-corrected chi connectivity index (χ0v) is 14.4. The highest BCUT2D eigenvalue weighted by Crippen LogP contribution is 2.42. The molecule has 1 N–H and O–H groups in total. The third-order valence-electron chi connectivity index (χ3n) is 4.07. The Kier molecular flexibility index (Phi) is 5.83. The minimum Gasteiger partial charge on any atom is -0.313 e. The molecule has 3 heteroatoms. The summed E-state index contributed by atoms with van der Waals surface area (Å²) in [5.41, 5.74) is 0.459. The van der Waals surface area contributed by atoms with E-state index < -0.39 is 0 Å². The number of thioether (sulfide) groups is 1. The quantitative estimate of drug-likeness (QED) is 0.783. The first-order valence-corrected chi connectivity index (χ1v) is 8.91. The standard InChI is InChI=1S/C17H26ClNS/c1-4-10-19-15-8-9-17(2,3)12-16(15)20-14-7-5-6-13(18)11-14/h5-7,11,15-16,19H,4,8-10,12H2,1-3H3. The molecule has 0 heterocycles. The molecule has 0 bridgehead atoms. The van der Waals surface area contributed by atoms with E-state index in [4.69, 9.17) is 11.6 Å². The minimum absolute atomic E-state index is 0.459. The van der Waals surface area contributed by atoms with E-state index in [0.717, 1.165) is 11.6 Å². The van der Waals surface area contributed by atoms with Crippen LogP contribution in [0.2, 0.25) is 5.02 Å². The molecule has 20 heavy (non-hydrogen) atoms. The van der Waals surface area contributed by atoms with Crippen LogP contribution < -0.4 is 5.32 Å². The Morgan fingerprint density at radius 3 is 2.90 bits per heavy atom. The first-order valence-electron chi connectivity index (χ1n) is 7.66. The average molecular weight is 312 g/mol. The lowest BCUT2D eigenvalue weighted by Crippen LogP contribution is -2.45. The topological polar surface area (TPSA) is 12.0 Å². The van der Waals surface area contributed by atoms with Crippen molar-refractivity contribution in [3.8, 4) is 0 Å². The molecule has 1 fully saturated rings. The zero-order valence-electron chi connectivity index (χ0n) is 12.8. The lowest BCUT2D eigenvalue weighted by atomic mass is 9.75. The van der Waals surface area contributed by atoms with Crippen molar-refractivity contribution in [2.45, 2.75) is 62.6 Å². The second kappa shape index (κ2) is 7.20. The Bertz CT molecular complexity index is 433. The highest BCUT2D eigenvalue weighted by Gasteiger charge is 2.35. The third kappa shape index (κ3) is 4.68. The van der Waals surface area contributed by atoms with Gasteiger partial charge in [0.1, 0.15) is 0 Å². The molecule has 0 amide bonds. The van der Waals surface area contributed by atoms with E-state index in [1.807, 2.05) is 23.9 Å². The van der Waals surface area contributed by atoms with Crippen molar-refractivity contribution in [1.29, 1.82) is 0 Å². The van der Waals surface area contributed by atoms with E-state index >= 15 is 0 Å². The van der Waals surface area contributed by atoms with Crippen molar-refractivity contribution in [1.82, 2.24) is 5.32 Å². The number of nitrogens with one attached hydrogen (secondary N) is 1. The van der Waals surface area contributed by atoms with Crippen LogP contribution >= 0.6 is 23.4 Å². The van der Waals surface area contributed by atoms with E-state index in [0.29, 0.717) is 16.7 Å². The van der Waals surface area contributed by atoms with E-state index in [1.165, 1.54) is 30.6 Å². The molecule has 112 valence electrons. The molecule has 1 aromatic rings. The molecule has 0 saturated heterocycles. The Morgan fingerprint density at radius 1 is 1.40 bits per heavy atom.